The third-order valence-corrected chi connectivity index (χ3v) is 11.7. The molecule has 2 nitrogen and oxygen atoms in total. The van der Waals surface area contributed by atoms with Gasteiger partial charge in [-0.1, -0.05) is 133 Å². The van der Waals surface area contributed by atoms with Crippen LogP contribution < -0.4 is 9.80 Å². The second-order valence-corrected chi connectivity index (χ2v) is 15.7. The molecule has 1 saturated carbocycles. The first-order valence-corrected chi connectivity index (χ1v) is 19.8. The summed E-state index contributed by atoms with van der Waals surface area (Å²) in [6.45, 7) is 8.59. The van der Waals surface area contributed by atoms with E-state index in [9.17, 15) is 0 Å². The molecule has 0 N–H and O–H groups in total. The molecule has 2 aliphatic rings. The maximum atomic E-state index is 2.56. The Balaban J connectivity index is 1.19. The minimum absolute atomic E-state index is 0.272. The first kappa shape index (κ1) is 35.4. The van der Waals surface area contributed by atoms with Gasteiger partial charge in [0, 0.05) is 39.5 Å². The monoisotopic (exact) mass is 704 g/mol. The zero-order valence-corrected chi connectivity index (χ0v) is 32.3. The van der Waals surface area contributed by atoms with Gasteiger partial charge in [0.25, 0.3) is 0 Å². The highest BCUT2D eigenvalue weighted by atomic mass is 15.1. The molecule has 0 aromatic heterocycles. The normalized spacial score (nSPS) is 15.4. The number of anilines is 6. The van der Waals surface area contributed by atoms with Gasteiger partial charge in [-0.05, 0) is 142 Å². The predicted molar refractivity (Wildman–Crippen MR) is 230 cm³/mol. The number of nitrogens with zero attached hydrogens (tertiary/aromatic N) is 2. The maximum absolute atomic E-state index is 2.56. The second-order valence-electron chi connectivity index (χ2n) is 15.7. The van der Waals surface area contributed by atoms with Crippen LogP contribution >= 0.6 is 0 Å². The average Bonchev–Trinajstić information content (AvgIpc) is 3.22. The number of aryl methyl sites for hydroxylation is 4. The van der Waals surface area contributed by atoms with E-state index in [4.69, 9.17) is 0 Å². The zero-order valence-electron chi connectivity index (χ0n) is 32.3. The summed E-state index contributed by atoms with van der Waals surface area (Å²) in [5.41, 5.74) is 15.9. The van der Waals surface area contributed by atoms with Crippen LogP contribution in [0.3, 0.4) is 0 Å². The Morgan fingerprint density at radius 2 is 0.722 bits per heavy atom. The molecule has 0 heterocycles. The summed E-state index contributed by atoms with van der Waals surface area (Å²) in [6, 6.07) is 54.1. The van der Waals surface area contributed by atoms with Crippen molar-refractivity contribution in [2.45, 2.75) is 71.6 Å². The molecular formula is C52H52N2. The van der Waals surface area contributed by atoms with Crippen LogP contribution in [0.15, 0.2) is 169 Å². The number of benzene rings is 6. The van der Waals surface area contributed by atoms with E-state index in [0.717, 1.165) is 40.5 Å². The summed E-state index contributed by atoms with van der Waals surface area (Å²) in [6.07, 6.45) is 15.2. The summed E-state index contributed by atoms with van der Waals surface area (Å²) < 4.78 is 0. The molecule has 0 radical (unpaired) electrons. The fraction of sp³-hybridized carbons (Fsp3) is 0.231. The first-order chi connectivity index (χ1) is 26.4. The van der Waals surface area contributed by atoms with Gasteiger partial charge >= 0.3 is 0 Å². The van der Waals surface area contributed by atoms with Gasteiger partial charge in [0.1, 0.15) is 0 Å². The molecule has 2 aliphatic carbocycles. The maximum Gasteiger partial charge on any atom is 0.0461 e. The molecular weight excluding hydrogens is 653 g/mol. The molecule has 8 rings (SSSR count). The van der Waals surface area contributed by atoms with Gasteiger partial charge < -0.3 is 9.80 Å². The predicted octanol–water partition coefficient (Wildman–Crippen LogP) is 14.6. The van der Waals surface area contributed by atoms with Gasteiger partial charge in [-0.2, -0.15) is 0 Å². The standard InChI is InChI=1S/C52H52N2/c1-38-10-22-46(23-11-38)53(47-24-12-39(2)13-25-47)50-30-18-44(19-31-50)52(36-34-43(35-37-52)42-8-6-5-7-9-42)45-20-32-51(33-21-45)54(48-26-14-40(3)15-27-48)49-28-16-41(4)17-29-49/h10-36,42H,5-9,37H2,1-4H3. The van der Waals surface area contributed by atoms with E-state index < -0.39 is 0 Å². The highest BCUT2D eigenvalue weighted by Gasteiger charge is 2.34. The fourth-order valence-electron chi connectivity index (χ4n) is 8.47. The van der Waals surface area contributed by atoms with Crippen molar-refractivity contribution >= 4 is 34.1 Å². The minimum atomic E-state index is -0.272. The quantitative estimate of drug-likeness (QED) is 0.148. The summed E-state index contributed by atoms with van der Waals surface area (Å²) in [7, 11) is 0. The zero-order chi connectivity index (χ0) is 37.1. The van der Waals surface area contributed by atoms with Crippen molar-refractivity contribution in [1.29, 1.82) is 0 Å². The lowest BCUT2D eigenvalue weighted by Gasteiger charge is -2.36. The fourth-order valence-corrected chi connectivity index (χ4v) is 8.47. The number of hydrogen-bond donors (Lipinski definition) is 0. The lowest BCUT2D eigenvalue weighted by Crippen LogP contribution is -2.27. The van der Waals surface area contributed by atoms with E-state index in [1.54, 1.807) is 0 Å². The Bertz CT molecular complexity index is 1990. The van der Waals surface area contributed by atoms with E-state index in [1.807, 2.05) is 0 Å². The largest absolute Gasteiger partial charge is 0.311 e. The molecule has 54 heavy (non-hydrogen) atoms. The Morgan fingerprint density at radius 3 is 1.02 bits per heavy atom. The molecule has 270 valence electrons. The molecule has 0 spiro atoms. The van der Waals surface area contributed by atoms with Crippen LogP contribution in [-0.2, 0) is 5.41 Å². The summed E-state index contributed by atoms with van der Waals surface area (Å²) in [4.78, 5) is 4.74. The second kappa shape index (κ2) is 15.4. The third-order valence-electron chi connectivity index (χ3n) is 11.7. The van der Waals surface area contributed by atoms with Gasteiger partial charge in [-0.25, -0.2) is 0 Å². The number of allylic oxidation sites excluding steroid dienone is 4. The molecule has 0 amide bonds. The van der Waals surface area contributed by atoms with Crippen molar-refractivity contribution in [2.75, 3.05) is 9.80 Å². The van der Waals surface area contributed by atoms with E-state index in [-0.39, 0.29) is 5.41 Å². The molecule has 0 bridgehead atoms. The minimum Gasteiger partial charge on any atom is -0.311 e. The molecule has 6 aromatic rings. The lowest BCUT2D eigenvalue weighted by atomic mass is 9.68. The molecule has 0 aliphatic heterocycles. The summed E-state index contributed by atoms with van der Waals surface area (Å²) in [5.74, 6) is 0.688. The lowest BCUT2D eigenvalue weighted by molar-refractivity contribution is 0.405. The molecule has 1 fully saturated rings. The highest BCUT2D eigenvalue weighted by molar-refractivity contribution is 5.78. The van der Waals surface area contributed by atoms with E-state index in [2.05, 4.69) is 201 Å². The van der Waals surface area contributed by atoms with Crippen molar-refractivity contribution in [2.24, 2.45) is 5.92 Å². The summed E-state index contributed by atoms with van der Waals surface area (Å²) >= 11 is 0. The van der Waals surface area contributed by atoms with Crippen LogP contribution in [-0.4, -0.2) is 0 Å². The molecule has 0 saturated heterocycles. The molecule has 6 aromatic carbocycles. The van der Waals surface area contributed by atoms with Crippen LogP contribution in [0.25, 0.3) is 0 Å². The van der Waals surface area contributed by atoms with Crippen LogP contribution in [0.1, 0.15) is 71.9 Å². The van der Waals surface area contributed by atoms with Crippen molar-refractivity contribution in [3.05, 3.63) is 203 Å². The topological polar surface area (TPSA) is 6.48 Å². The number of hydrogen-bond acceptors (Lipinski definition) is 2. The highest BCUT2D eigenvalue weighted by Crippen LogP contribution is 2.46. The van der Waals surface area contributed by atoms with Gasteiger partial charge in [-0.3, -0.25) is 0 Å². The van der Waals surface area contributed by atoms with E-state index >= 15 is 0 Å². The van der Waals surface area contributed by atoms with Gasteiger partial charge in [-0.15, -0.1) is 0 Å². The van der Waals surface area contributed by atoms with Gasteiger partial charge in [0.05, 0.1) is 0 Å². The molecule has 2 heteroatoms. The van der Waals surface area contributed by atoms with Crippen molar-refractivity contribution in [3.8, 4) is 0 Å². The summed E-state index contributed by atoms with van der Waals surface area (Å²) in [5, 5.41) is 0. The third kappa shape index (κ3) is 7.31. The van der Waals surface area contributed by atoms with Crippen LogP contribution in [0.4, 0.5) is 34.1 Å². The van der Waals surface area contributed by atoms with Crippen LogP contribution in [0.2, 0.25) is 0 Å². The Kier molecular flexibility index (Phi) is 10.1. The first-order valence-electron chi connectivity index (χ1n) is 19.8. The van der Waals surface area contributed by atoms with Crippen molar-refractivity contribution < 1.29 is 0 Å². The Hall–Kier alpha value is -5.60. The SMILES string of the molecule is Cc1ccc(N(c2ccc(C)cc2)c2ccc(C3(c4ccc(N(c5ccc(C)cc5)c5ccc(C)cc5)cc4)C=CC(C4CCCCC4)=CC3)cc2)cc1. The van der Waals surface area contributed by atoms with Crippen molar-refractivity contribution in [3.63, 3.8) is 0 Å². The average molecular weight is 705 g/mol. The Morgan fingerprint density at radius 1 is 0.407 bits per heavy atom. The van der Waals surface area contributed by atoms with Crippen LogP contribution in [0, 0.1) is 33.6 Å². The van der Waals surface area contributed by atoms with E-state index in [1.165, 1.54) is 71.1 Å². The van der Waals surface area contributed by atoms with Crippen molar-refractivity contribution in [1.82, 2.24) is 0 Å². The van der Waals surface area contributed by atoms with Crippen LogP contribution in [0.5, 0.6) is 0 Å². The smallest absolute Gasteiger partial charge is 0.0461 e. The molecule has 0 atom stereocenters. The van der Waals surface area contributed by atoms with E-state index in [0.29, 0.717) is 5.92 Å². The van der Waals surface area contributed by atoms with Gasteiger partial charge in [0.15, 0.2) is 0 Å². The number of rotatable bonds is 9. The molecule has 0 unspecified atom stereocenters. The van der Waals surface area contributed by atoms with Gasteiger partial charge in [0.2, 0.25) is 0 Å². The Labute approximate surface area is 323 Å².